The Morgan fingerprint density at radius 3 is 2.64 bits per heavy atom. The zero-order valence-electron chi connectivity index (χ0n) is 25.4. The van der Waals surface area contributed by atoms with Crippen molar-refractivity contribution in [2.45, 2.75) is 96.9 Å². The van der Waals surface area contributed by atoms with E-state index in [0.29, 0.717) is 37.6 Å². The summed E-state index contributed by atoms with van der Waals surface area (Å²) in [5, 5.41) is 24.8. The molecule has 5 rings (SSSR count). The van der Waals surface area contributed by atoms with Gasteiger partial charge < -0.3 is 30.0 Å². The molecule has 228 valence electrons. The largest absolute Gasteiger partial charge is 0.366 e. The molecule has 42 heavy (non-hydrogen) atoms. The number of aromatic amines is 1. The average Bonchev–Trinajstić information content (AvgIpc) is 3.46. The van der Waals surface area contributed by atoms with Crippen molar-refractivity contribution in [1.29, 1.82) is 0 Å². The number of benzene rings is 1. The zero-order chi connectivity index (χ0) is 29.9. The fourth-order valence-electron chi connectivity index (χ4n) is 6.61. The number of nitrogens with one attached hydrogen (secondary N) is 2. The molecule has 0 unspecified atom stereocenters. The number of piperidine rings is 1. The number of rotatable bonds is 13. The SMILES string of the molecule is CCN1CCC2(CC1)C[C@@H]2C(=O)N[C@@H](CCCCCC(O)(O)CC)c1ncc(-c2ccc3c(=O)n(CC)ccc3c2)[nH]1. The number of aliphatic hydroxyl groups is 2. The lowest BCUT2D eigenvalue weighted by atomic mass is 9.90. The van der Waals surface area contributed by atoms with Gasteiger partial charge in [-0.15, -0.1) is 0 Å². The van der Waals surface area contributed by atoms with Crippen LogP contribution in [0.2, 0.25) is 0 Å². The number of fused-ring (bicyclic) bond motifs is 1. The molecule has 1 saturated carbocycles. The van der Waals surface area contributed by atoms with E-state index in [1.54, 1.807) is 17.7 Å². The molecule has 9 heteroatoms. The predicted molar refractivity (Wildman–Crippen MR) is 165 cm³/mol. The minimum atomic E-state index is -1.61. The third-order valence-electron chi connectivity index (χ3n) is 9.81. The summed E-state index contributed by atoms with van der Waals surface area (Å²) in [6, 6.07) is 7.52. The molecule has 2 aliphatic rings. The van der Waals surface area contributed by atoms with Crippen LogP contribution in [0.3, 0.4) is 0 Å². The van der Waals surface area contributed by atoms with Gasteiger partial charge in [-0.2, -0.15) is 0 Å². The average molecular weight is 578 g/mol. The highest BCUT2D eigenvalue weighted by Crippen LogP contribution is 2.59. The molecular formula is C33H47N5O4. The molecular weight excluding hydrogens is 530 g/mol. The summed E-state index contributed by atoms with van der Waals surface area (Å²) >= 11 is 0. The molecule has 4 N–H and O–H groups in total. The van der Waals surface area contributed by atoms with Gasteiger partial charge in [0.1, 0.15) is 5.82 Å². The normalized spacial score (nSPS) is 19.3. The predicted octanol–water partition coefficient (Wildman–Crippen LogP) is 4.73. The molecule has 1 aliphatic heterocycles. The van der Waals surface area contributed by atoms with Gasteiger partial charge in [-0.1, -0.05) is 32.8 Å². The van der Waals surface area contributed by atoms with E-state index in [1.807, 2.05) is 37.4 Å². The van der Waals surface area contributed by atoms with Gasteiger partial charge in [0.15, 0.2) is 5.79 Å². The molecule has 2 aromatic heterocycles. The standard InChI is InChI=1S/C33H47N5O4/c1-4-33(41,42)14-9-7-8-10-27(36-30(39)26-21-32(26)15-18-37(5-2)19-16-32)29-34-22-28(35-29)24-11-12-25-23(20-24)13-17-38(6-3)31(25)40/h11-13,17,20,22,26-27,41-42H,4-10,14-16,18-19,21H2,1-3H3,(H,34,35)(H,36,39)/t26-,27+/m1/s1. The quantitative estimate of drug-likeness (QED) is 0.172. The number of carbonyl (C=O) groups is 1. The Balaban J connectivity index is 1.29. The number of nitrogens with zero attached hydrogens (tertiary/aromatic N) is 3. The molecule has 1 aliphatic carbocycles. The molecule has 2 fully saturated rings. The van der Waals surface area contributed by atoms with Crippen LogP contribution in [-0.2, 0) is 11.3 Å². The molecule has 1 amide bonds. The van der Waals surface area contributed by atoms with Crippen molar-refractivity contribution in [3.8, 4) is 11.3 Å². The molecule has 9 nitrogen and oxygen atoms in total. The molecule has 1 saturated heterocycles. The van der Waals surface area contributed by atoms with E-state index < -0.39 is 5.79 Å². The molecule has 1 spiro atoms. The van der Waals surface area contributed by atoms with Gasteiger partial charge in [-0.3, -0.25) is 9.59 Å². The van der Waals surface area contributed by atoms with Crippen molar-refractivity contribution >= 4 is 16.7 Å². The van der Waals surface area contributed by atoms with Crippen LogP contribution in [0.25, 0.3) is 22.0 Å². The van der Waals surface area contributed by atoms with E-state index in [9.17, 15) is 19.8 Å². The molecule has 3 heterocycles. The fourth-order valence-corrected chi connectivity index (χ4v) is 6.61. The summed E-state index contributed by atoms with van der Waals surface area (Å²) in [5.74, 6) is -0.699. The minimum absolute atomic E-state index is 0.00594. The lowest BCUT2D eigenvalue weighted by Gasteiger charge is -2.32. The number of pyridine rings is 1. The van der Waals surface area contributed by atoms with Crippen LogP contribution in [0.15, 0.2) is 41.5 Å². The summed E-state index contributed by atoms with van der Waals surface area (Å²) in [6.45, 7) is 9.76. The number of carbonyl (C=O) groups excluding carboxylic acids is 1. The Hall–Kier alpha value is -3.01. The maximum atomic E-state index is 13.5. The number of imidazole rings is 1. The van der Waals surface area contributed by atoms with Crippen LogP contribution >= 0.6 is 0 Å². The van der Waals surface area contributed by atoms with Crippen LogP contribution in [-0.4, -0.2) is 61.0 Å². The van der Waals surface area contributed by atoms with Crippen molar-refractivity contribution in [1.82, 2.24) is 24.8 Å². The van der Waals surface area contributed by atoms with Crippen LogP contribution in [0, 0.1) is 11.3 Å². The Kier molecular flexibility index (Phi) is 9.20. The number of likely N-dealkylation sites (tertiary alicyclic amines) is 1. The van der Waals surface area contributed by atoms with Crippen molar-refractivity contribution < 1.29 is 15.0 Å². The topological polar surface area (TPSA) is 123 Å². The fraction of sp³-hybridized carbons (Fsp3) is 0.606. The first kappa shape index (κ1) is 30.4. The van der Waals surface area contributed by atoms with Crippen molar-refractivity contribution in [2.24, 2.45) is 11.3 Å². The monoisotopic (exact) mass is 577 g/mol. The minimum Gasteiger partial charge on any atom is -0.366 e. The van der Waals surface area contributed by atoms with Gasteiger partial charge >= 0.3 is 0 Å². The third kappa shape index (κ3) is 6.63. The Morgan fingerprint density at radius 1 is 1.14 bits per heavy atom. The highest BCUT2D eigenvalue weighted by molar-refractivity contribution is 5.86. The highest BCUT2D eigenvalue weighted by atomic mass is 16.5. The summed E-state index contributed by atoms with van der Waals surface area (Å²) in [6.07, 6.45) is 10.5. The van der Waals surface area contributed by atoms with Gasteiger partial charge in [-0.05, 0) is 94.1 Å². The maximum Gasteiger partial charge on any atom is 0.258 e. The van der Waals surface area contributed by atoms with Crippen molar-refractivity contribution in [3.05, 3.63) is 52.8 Å². The third-order valence-corrected chi connectivity index (χ3v) is 9.81. The first-order chi connectivity index (χ1) is 20.2. The first-order valence-corrected chi connectivity index (χ1v) is 15.8. The Bertz CT molecular complexity index is 1440. The second kappa shape index (κ2) is 12.7. The van der Waals surface area contributed by atoms with Gasteiger partial charge in [0.05, 0.1) is 17.9 Å². The molecule has 0 radical (unpaired) electrons. The zero-order valence-corrected chi connectivity index (χ0v) is 25.4. The van der Waals surface area contributed by atoms with Crippen molar-refractivity contribution in [2.75, 3.05) is 19.6 Å². The van der Waals surface area contributed by atoms with Crippen LogP contribution in [0.5, 0.6) is 0 Å². The highest BCUT2D eigenvalue weighted by Gasteiger charge is 2.58. The first-order valence-electron chi connectivity index (χ1n) is 15.8. The van der Waals surface area contributed by atoms with Gasteiger partial charge in [0.25, 0.3) is 5.56 Å². The number of hydrogen-bond acceptors (Lipinski definition) is 6. The molecule has 3 aromatic rings. The number of amides is 1. The maximum absolute atomic E-state index is 13.5. The van der Waals surface area contributed by atoms with E-state index in [0.717, 1.165) is 74.2 Å². The Morgan fingerprint density at radius 2 is 1.93 bits per heavy atom. The lowest BCUT2D eigenvalue weighted by Crippen LogP contribution is -2.37. The van der Waals surface area contributed by atoms with E-state index in [-0.39, 0.29) is 28.8 Å². The van der Waals surface area contributed by atoms with E-state index in [1.165, 1.54) is 0 Å². The van der Waals surface area contributed by atoms with Gasteiger partial charge in [0, 0.05) is 36.0 Å². The number of hydrogen-bond donors (Lipinski definition) is 4. The van der Waals surface area contributed by atoms with Gasteiger partial charge in [-0.25, -0.2) is 4.98 Å². The van der Waals surface area contributed by atoms with Gasteiger partial charge in [0.2, 0.25) is 5.91 Å². The molecule has 1 aromatic carbocycles. The molecule has 0 bridgehead atoms. The lowest BCUT2D eigenvalue weighted by molar-refractivity contribution is -0.167. The number of aromatic nitrogens is 3. The van der Waals surface area contributed by atoms with Crippen molar-refractivity contribution in [3.63, 3.8) is 0 Å². The number of H-pyrrole nitrogens is 1. The summed E-state index contributed by atoms with van der Waals surface area (Å²) in [7, 11) is 0. The van der Waals surface area contributed by atoms with E-state index in [2.05, 4.69) is 22.1 Å². The second-order valence-electron chi connectivity index (χ2n) is 12.4. The summed E-state index contributed by atoms with van der Waals surface area (Å²) < 4.78 is 1.70. The van der Waals surface area contributed by atoms with Crippen LogP contribution in [0.4, 0.5) is 0 Å². The Labute approximate surface area is 248 Å². The smallest absolute Gasteiger partial charge is 0.258 e. The number of unbranched alkanes of at least 4 members (excludes halogenated alkanes) is 2. The van der Waals surface area contributed by atoms with E-state index >= 15 is 0 Å². The van der Waals surface area contributed by atoms with Crippen LogP contribution in [0.1, 0.15) is 90.4 Å². The summed E-state index contributed by atoms with van der Waals surface area (Å²) in [5.41, 5.74) is 1.94. The molecule has 2 atom stereocenters. The van der Waals surface area contributed by atoms with E-state index in [4.69, 9.17) is 4.98 Å². The number of aryl methyl sites for hydroxylation is 1. The summed E-state index contributed by atoms with van der Waals surface area (Å²) in [4.78, 5) is 36.8. The van der Waals surface area contributed by atoms with Crippen LogP contribution < -0.4 is 10.9 Å². The second-order valence-corrected chi connectivity index (χ2v) is 12.4.